The van der Waals surface area contributed by atoms with Gasteiger partial charge < -0.3 is 9.47 Å². The van der Waals surface area contributed by atoms with Gasteiger partial charge in [0.05, 0.1) is 15.7 Å². The molecule has 2 aromatic heterocycles. The van der Waals surface area contributed by atoms with Crippen molar-refractivity contribution < 1.29 is 14.3 Å². The van der Waals surface area contributed by atoms with Crippen LogP contribution in [0.2, 0.25) is 10.0 Å². The van der Waals surface area contributed by atoms with E-state index >= 15 is 0 Å². The number of esters is 1. The summed E-state index contributed by atoms with van der Waals surface area (Å²) in [4.78, 5) is 16.4. The quantitative estimate of drug-likeness (QED) is 0.510. The first kappa shape index (κ1) is 16.5. The summed E-state index contributed by atoms with van der Waals surface area (Å²) in [5, 5.41) is 5.02. The van der Waals surface area contributed by atoms with Crippen LogP contribution in [0.25, 0.3) is 5.65 Å². The summed E-state index contributed by atoms with van der Waals surface area (Å²) in [6, 6.07) is 6.79. The number of halogens is 2. The van der Waals surface area contributed by atoms with Crippen LogP contribution in [0.4, 0.5) is 0 Å². The number of ether oxygens (including phenoxy) is 2. The third-order valence-electron chi connectivity index (χ3n) is 3.26. The van der Waals surface area contributed by atoms with E-state index in [0.29, 0.717) is 32.7 Å². The Hall–Kier alpha value is -2.31. The minimum atomic E-state index is -0.505. The number of fused-ring (bicyclic) bond motifs is 1. The summed E-state index contributed by atoms with van der Waals surface area (Å²) < 4.78 is 12.2. The molecule has 24 heavy (non-hydrogen) atoms. The van der Waals surface area contributed by atoms with Gasteiger partial charge in [-0.25, -0.2) is 14.3 Å². The lowest BCUT2D eigenvalue weighted by Gasteiger charge is -2.10. The maximum Gasteiger partial charge on any atom is 0.344 e. The van der Waals surface area contributed by atoms with Crippen LogP contribution in [0.15, 0.2) is 36.7 Å². The van der Waals surface area contributed by atoms with Crippen LogP contribution < -0.4 is 4.74 Å². The van der Waals surface area contributed by atoms with Gasteiger partial charge in [0.1, 0.15) is 18.8 Å². The van der Waals surface area contributed by atoms with Gasteiger partial charge in [0, 0.05) is 12.4 Å². The third-order valence-corrected chi connectivity index (χ3v) is 3.85. The number of benzene rings is 1. The van der Waals surface area contributed by atoms with Crippen molar-refractivity contribution in [3.63, 3.8) is 0 Å². The van der Waals surface area contributed by atoms with Crippen molar-refractivity contribution in [3.05, 3.63) is 58.0 Å². The Labute approximate surface area is 147 Å². The molecular formula is C16H13Cl2N3O3. The van der Waals surface area contributed by atoms with Crippen LogP contribution in [-0.2, 0) is 4.74 Å². The van der Waals surface area contributed by atoms with Crippen LogP contribution in [0.5, 0.6) is 5.75 Å². The maximum atomic E-state index is 12.3. The first-order chi connectivity index (χ1) is 11.6. The van der Waals surface area contributed by atoms with Crippen LogP contribution in [-0.4, -0.2) is 33.8 Å². The van der Waals surface area contributed by atoms with Crippen molar-refractivity contribution in [2.75, 3.05) is 13.2 Å². The van der Waals surface area contributed by atoms with Crippen LogP contribution >= 0.6 is 23.2 Å². The summed E-state index contributed by atoms with van der Waals surface area (Å²) in [5.41, 5.74) is 1.34. The molecule has 8 heteroatoms. The van der Waals surface area contributed by atoms with E-state index in [-0.39, 0.29) is 13.2 Å². The number of aromatic nitrogens is 3. The van der Waals surface area contributed by atoms with Gasteiger partial charge in [-0.3, -0.25) is 0 Å². The van der Waals surface area contributed by atoms with E-state index in [0.717, 1.165) is 0 Å². The van der Waals surface area contributed by atoms with E-state index in [1.165, 1.54) is 4.52 Å². The lowest BCUT2D eigenvalue weighted by molar-refractivity contribution is 0.0452. The number of aryl methyl sites for hydroxylation is 1. The summed E-state index contributed by atoms with van der Waals surface area (Å²) in [5.74, 6) is -0.138. The molecule has 0 radical (unpaired) electrons. The minimum absolute atomic E-state index is 0.0456. The zero-order valence-electron chi connectivity index (χ0n) is 12.7. The number of nitrogens with zero attached hydrogens (tertiary/aromatic N) is 3. The molecule has 0 atom stereocenters. The summed E-state index contributed by atoms with van der Waals surface area (Å²) in [6.07, 6.45) is 3.31. The standard InChI is InChI=1S/C16H13Cl2N3O3/c1-10-13(15-19-6-3-7-21(15)20-10)16(22)24-9-8-23-14-11(17)4-2-5-12(14)18/h2-7H,8-9H2,1H3. The number of carbonyl (C=O) groups is 1. The van der Waals surface area contributed by atoms with Gasteiger partial charge in [0.15, 0.2) is 11.4 Å². The fourth-order valence-electron chi connectivity index (χ4n) is 2.21. The van der Waals surface area contributed by atoms with Gasteiger partial charge in [-0.1, -0.05) is 29.3 Å². The molecule has 0 bridgehead atoms. The molecule has 0 unspecified atom stereocenters. The Morgan fingerprint density at radius 2 is 1.96 bits per heavy atom. The molecule has 0 N–H and O–H groups in total. The number of carbonyl (C=O) groups excluding carboxylic acids is 1. The number of hydrogen-bond acceptors (Lipinski definition) is 5. The minimum Gasteiger partial charge on any atom is -0.487 e. The first-order valence-corrected chi connectivity index (χ1v) is 7.87. The molecule has 3 rings (SSSR count). The second-order valence-corrected chi connectivity index (χ2v) is 5.70. The predicted octanol–water partition coefficient (Wildman–Crippen LogP) is 3.58. The topological polar surface area (TPSA) is 65.7 Å². The molecular weight excluding hydrogens is 353 g/mol. The number of para-hydroxylation sites is 1. The molecule has 124 valence electrons. The van der Waals surface area contributed by atoms with E-state index in [1.54, 1.807) is 43.6 Å². The van der Waals surface area contributed by atoms with Crippen LogP contribution in [0.3, 0.4) is 0 Å². The van der Waals surface area contributed by atoms with Gasteiger partial charge >= 0.3 is 5.97 Å². The van der Waals surface area contributed by atoms with Crippen molar-refractivity contribution >= 4 is 34.8 Å². The summed E-state index contributed by atoms with van der Waals surface area (Å²) in [6.45, 7) is 1.90. The third kappa shape index (κ3) is 3.29. The molecule has 0 spiro atoms. The summed E-state index contributed by atoms with van der Waals surface area (Å²) in [7, 11) is 0. The number of rotatable bonds is 5. The van der Waals surface area contributed by atoms with Crippen LogP contribution in [0.1, 0.15) is 16.1 Å². The highest BCUT2D eigenvalue weighted by atomic mass is 35.5. The smallest absolute Gasteiger partial charge is 0.344 e. The molecule has 0 fully saturated rings. The molecule has 6 nitrogen and oxygen atoms in total. The van der Waals surface area contributed by atoms with Crippen molar-refractivity contribution in [2.45, 2.75) is 6.92 Å². The molecule has 0 aliphatic heterocycles. The molecule has 0 amide bonds. The normalized spacial score (nSPS) is 10.8. The largest absolute Gasteiger partial charge is 0.487 e. The predicted molar refractivity (Wildman–Crippen MR) is 90.0 cm³/mol. The molecule has 0 aliphatic carbocycles. The molecule has 0 saturated carbocycles. The lowest BCUT2D eigenvalue weighted by Crippen LogP contribution is -2.13. The Kier molecular flexibility index (Phi) is 4.87. The highest BCUT2D eigenvalue weighted by Gasteiger charge is 2.19. The fourth-order valence-corrected chi connectivity index (χ4v) is 2.71. The monoisotopic (exact) mass is 365 g/mol. The Morgan fingerprint density at radius 1 is 1.21 bits per heavy atom. The van der Waals surface area contributed by atoms with Crippen LogP contribution in [0, 0.1) is 6.92 Å². The maximum absolute atomic E-state index is 12.3. The Bertz CT molecular complexity index is 875. The highest BCUT2D eigenvalue weighted by molar-refractivity contribution is 6.37. The first-order valence-electron chi connectivity index (χ1n) is 7.12. The molecule has 1 aromatic carbocycles. The zero-order valence-corrected chi connectivity index (χ0v) is 14.2. The second kappa shape index (κ2) is 7.07. The molecule has 0 saturated heterocycles. The van der Waals surface area contributed by atoms with Crippen molar-refractivity contribution in [1.82, 2.24) is 14.6 Å². The van der Waals surface area contributed by atoms with E-state index in [9.17, 15) is 4.79 Å². The average molecular weight is 366 g/mol. The molecule has 2 heterocycles. The second-order valence-electron chi connectivity index (χ2n) is 4.88. The van der Waals surface area contributed by atoms with Crippen molar-refractivity contribution in [2.24, 2.45) is 0 Å². The van der Waals surface area contributed by atoms with Crippen molar-refractivity contribution in [3.8, 4) is 5.75 Å². The SMILES string of the molecule is Cc1nn2cccnc2c1C(=O)OCCOc1c(Cl)cccc1Cl. The highest BCUT2D eigenvalue weighted by Crippen LogP contribution is 2.32. The molecule has 3 aromatic rings. The van der Waals surface area contributed by atoms with Gasteiger partial charge in [0.2, 0.25) is 0 Å². The average Bonchev–Trinajstić information content (AvgIpc) is 2.89. The lowest BCUT2D eigenvalue weighted by atomic mass is 10.2. The number of hydrogen-bond donors (Lipinski definition) is 0. The van der Waals surface area contributed by atoms with Gasteiger partial charge in [-0.15, -0.1) is 0 Å². The van der Waals surface area contributed by atoms with E-state index in [1.807, 2.05) is 0 Å². The zero-order chi connectivity index (χ0) is 17.1. The fraction of sp³-hybridized carbons (Fsp3) is 0.188. The van der Waals surface area contributed by atoms with E-state index in [2.05, 4.69) is 10.1 Å². The van der Waals surface area contributed by atoms with Gasteiger partial charge in [-0.05, 0) is 25.1 Å². The van der Waals surface area contributed by atoms with Gasteiger partial charge in [0.25, 0.3) is 0 Å². The van der Waals surface area contributed by atoms with E-state index in [4.69, 9.17) is 32.7 Å². The van der Waals surface area contributed by atoms with Gasteiger partial charge in [-0.2, -0.15) is 5.10 Å². The van der Waals surface area contributed by atoms with Crippen molar-refractivity contribution in [1.29, 1.82) is 0 Å². The Balaban J connectivity index is 1.63. The molecule has 0 aliphatic rings. The van der Waals surface area contributed by atoms with E-state index < -0.39 is 5.97 Å². The summed E-state index contributed by atoms with van der Waals surface area (Å²) >= 11 is 12.0. The Morgan fingerprint density at radius 3 is 2.71 bits per heavy atom.